The van der Waals surface area contributed by atoms with Crippen molar-refractivity contribution in [3.8, 4) is 0 Å². The molecule has 0 saturated heterocycles. The molecule has 1 nitrogen and oxygen atoms in total. The van der Waals surface area contributed by atoms with E-state index in [1.54, 1.807) is 0 Å². The highest BCUT2D eigenvalue weighted by atomic mass is 16.1. The minimum absolute atomic E-state index is 0.273. The van der Waals surface area contributed by atoms with Crippen molar-refractivity contribution in [2.45, 2.75) is 32.6 Å². The van der Waals surface area contributed by atoms with Crippen LogP contribution in [0.15, 0.2) is 24.3 Å². The third kappa shape index (κ3) is 3.17. The summed E-state index contributed by atoms with van der Waals surface area (Å²) in [6, 6.07) is 0. The van der Waals surface area contributed by atoms with Crippen LogP contribution in [0.2, 0.25) is 0 Å². The molecule has 0 heterocycles. The lowest BCUT2D eigenvalue weighted by atomic mass is 9.80. The van der Waals surface area contributed by atoms with Crippen molar-refractivity contribution >= 4 is 6.29 Å². The van der Waals surface area contributed by atoms with Crippen LogP contribution < -0.4 is 0 Å². The van der Waals surface area contributed by atoms with E-state index in [2.05, 4.69) is 12.2 Å². The van der Waals surface area contributed by atoms with Gasteiger partial charge in [0.1, 0.15) is 6.29 Å². The number of rotatable bonds is 3. The predicted octanol–water partition coefficient (Wildman–Crippen LogP) is 3.12. The van der Waals surface area contributed by atoms with Crippen molar-refractivity contribution in [1.82, 2.24) is 0 Å². The molecule has 0 aromatic carbocycles. The number of allylic oxidation sites excluding steroid dienone is 4. The molecule has 0 aromatic rings. The molecule has 72 valence electrons. The van der Waals surface area contributed by atoms with E-state index in [4.69, 9.17) is 0 Å². The second kappa shape index (κ2) is 5.74. The Labute approximate surface area is 80.5 Å². The summed E-state index contributed by atoms with van der Waals surface area (Å²) in [5, 5.41) is 0. The Kier molecular flexibility index (Phi) is 4.52. The lowest BCUT2D eigenvalue weighted by molar-refractivity contribution is -0.112. The number of carbonyl (C=O) groups excluding carboxylic acids is 1. The molecule has 0 unspecified atom stereocenters. The minimum atomic E-state index is 0.273. The molecular weight excluding hydrogens is 160 g/mol. The first kappa shape index (κ1) is 10.2. The van der Waals surface area contributed by atoms with Crippen molar-refractivity contribution in [3.63, 3.8) is 0 Å². The van der Waals surface area contributed by atoms with Gasteiger partial charge in [0.05, 0.1) is 0 Å². The quantitative estimate of drug-likeness (QED) is 0.479. The van der Waals surface area contributed by atoms with Gasteiger partial charge in [-0.2, -0.15) is 0 Å². The molecule has 1 aliphatic rings. The second-order valence-corrected chi connectivity index (χ2v) is 3.66. The van der Waals surface area contributed by atoms with Crippen molar-refractivity contribution in [3.05, 3.63) is 24.3 Å². The van der Waals surface area contributed by atoms with Gasteiger partial charge in [0.15, 0.2) is 0 Å². The summed E-state index contributed by atoms with van der Waals surface area (Å²) < 4.78 is 0. The zero-order valence-electron chi connectivity index (χ0n) is 8.28. The van der Waals surface area contributed by atoms with Crippen LogP contribution in [0.25, 0.3) is 0 Å². The average Bonchev–Trinajstić information content (AvgIpc) is 2.19. The molecule has 1 fully saturated rings. The maximum Gasteiger partial charge on any atom is 0.123 e. The van der Waals surface area contributed by atoms with Crippen molar-refractivity contribution < 1.29 is 4.79 Å². The van der Waals surface area contributed by atoms with Crippen LogP contribution in [0, 0.1) is 11.8 Å². The van der Waals surface area contributed by atoms with Crippen LogP contribution >= 0.6 is 0 Å². The molecule has 0 spiro atoms. The van der Waals surface area contributed by atoms with Gasteiger partial charge in [-0.25, -0.2) is 0 Å². The maximum atomic E-state index is 10.8. The first-order valence-corrected chi connectivity index (χ1v) is 5.13. The number of carbonyl (C=O) groups is 1. The Morgan fingerprint density at radius 1 is 1.08 bits per heavy atom. The molecule has 0 radical (unpaired) electrons. The van der Waals surface area contributed by atoms with Crippen molar-refractivity contribution in [2.75, 3.05) is 0 Å². The highest BCUT2D eigenvalue weighted by molar-refractivity contribution is 5.54. The van der Waals surface area contributed by atoms with Gasteiger partial charge < -0.3 is 4.79 Å². The van der Waals surface area contributed by atoms with Gasteiger partial charge in [-0.1, -0.05) is 37.1 Å². The van der Waals surface area contributed by atoms with Crippen molar-refractivity contribution in [1.29, 1.82) is 0 Å². The molecule has 0 aliphatic heterocycles. The highest BCUT2D eigenvalue weighted by Gasteiger charge is 2.21. The molecule has 0 N–H and O–H groups in total. The van der Waals surface area contributed by atoms with Crippen LogP contribution in [-0.2, 0) is 4.79 Å². The molecular formula is C12H18O. The lowest BCUT2D eigenvalue weighted by Crippen LogP contribution is -2.18. The first-order valence-electron chi connectivity index (χ1n) is 5.13. The molecule has 13 heavy (non-hydrogen) atoms. The molecule has 0 bridgehead atoms. The lowest BCUT2D eigenvalue weighted by Gasteiger charge is -2.24. The Morgan fingerprint density at radius 3 is 2.38 bits per heavy atom. The number of aldehydes is 1. The van der Waals surface area contributed by atoms with Crippen LogP contribution in [0.3, 0.4) is 0 Å². The van der Waals surface area contributed by atoms with Gasteiger partial charge in [-0.05, 0) is 25.7 Å². The summed E-state index contributed by atoms with van der Waals surface area (Å²) in [4.78, 5) is 10.8. The largest absolute Gasteiger partial charge is 0.303 e. The van der Waals surface area contributed by atoms with Gasteiger partial charge in [0, 0.05) is 5.92 Å². The van der Waals surface area contributed by atoms with Gasteiger partial charge >= 0.3 is 0 Å². The molecule has 1 saturated carbocycles. The minimum Gasteiger partial charge on any atom is -0.303 e. The van der Waals surface area contributed by atoms with Crippen LogP contribution in [0.1, 0.15) is 32.6 Å². The van der Waals surface area contributed by atoms with E-state index < -0.39 is 0 Å². The van der Waals surface area contributed by atoms with Gasteiger partial charge in [0.2, 0.25) is 0 Å². The predicted molar refractivity (Wildman–Crippen MR) is 55.5 cm³/mol. The fourth-order valence-electron chi connectivity index (χ4n) is 1.91. The second-order valence-electron chi connectivity index (χ2n) is 3.66. The fourth-order valence-corrected chi connectivity index (χ4v) is 1.91. The Morgan fingerprint density at radius 2 is 1.77 bits per heavy atom. The third-order valence-electron chi connectivity index (χ3n) is 2.71. The molecule has 0 amide bonds. The van der Waals surface area contributed by atoms with Crippen molar-refractivity contribution in [2.24, 2.45) is 11.8 Å². The molecule has 1 heteroatoms. The van der Waals surface area contributed by atoms with Crippen LogP contribution in [-0.4, -0.2) is 6.29 Å². The number of hydrogen-bond acceptors (Lipinski definition) is 1. The summed E-state index contributed by atoms with van der Waals surface area (Å²) in [5.74, 6) is 0.762. The summed E-state index contributed by atoms with van der Waals surface area (Å²) in [7, 11) is 0. The first-order chi connectivity index (χ1) is 6.38. The molecule has 1 aliphatic carbocycles. The number of hydrogen-bond donors (Lipinski definition) is 0. The Hall–Kier alpha value is -0.850. The van der Waals surface area contributed by atoms with Gasteiger partial charge in [-0.3, -0.25) is 0 Å². The fraction of sp³-hybridized carbons (Fsp3) is 0.583. The smallest absolute Gasteiger partial charge is 0.123 e. The average molecular weight is 178 g/mol. The summed E-state index contributed by atoms with van der Waals surface area (Å²) in [6.45, 7) is 2.00. The molecule has 2 atom stereocenters. The topological polar surface area (TPSA) is 17.1 Å². The zero-order valence-corrected chi connectivity index (χ0v) is 8.28. The zero-order chi connectivity index (χ0) is 9.52. The summed E-state index contributed by atoms with van der Waals surface area (Å²) >= 11 is 0. The van der Waals surface area contributed by atoms with Crippen LogP contribution in [0.4, 0.5) is 0 Å². The Bertz CT molecular complexity index is 203. The Balaban J connectivity index is 2.49. The highest BCUT2D eigenvalue weighted by Crippen LogP contribution is 2.29. The van der Waals surface area contributed by atoms with Gasteiger partial charge in [0.25, 0.3) is 0 Å². The summed E-state index contributed by atoms with van der Waals surface area (Å²) in [6.07, 6.45) is 14.2. The maximum absolute atomic E-state index is 10.8. The van der Waals surface area contributed by atoms with E-state index in [-0.39, 0.29) is 5.92 Å². The van der Waals surface area contributed by atoms with E-state index in [1.807, 2.05) is 19.1 Å². The van der Waals surface area contributed by atoms with E-state index in [0.717, 1.165) is 12.7 Å². The summed E-state index contributed by atoms with van der Waals surface area (Å²) in [5.41, 5.74) is 0. The molecule has 0 aromatic heterocycles. The van der Waals surface area contributed by atoms with E-state index in [9.17, 15) is 4.79 Å². The van der Waals surface area contributed by atoms with Gasteiger partial charge in [-0.15, -0.1) is 0 Å². The monoisotopic (exact) mass is 178 g/mol. The molecule has 1 rings (SSSR count). The SMILES string of the molecule is C/C=C/C=C/[C@@H]1CCCC[C@@H]1C=O. The normalized spacial score (nSPS) is 29.9. The third-order valence-corrected chi connectivity index (χ3v) is 2.71. The standard InChI is InChI=1S/C12H18O/c1-2-3-4-7-11-8-5-6-9-12(11)10-13/h2-4,7,10-12H,5-6,8-9H2,1H3/b3-2+,7-4+/t11-,12-/m1/s1. The van der Waals surface area contributed by atoms with E-state index in [1.165, 1.54) is 19.3 Å². The van der Waals surface area contributed by atoms with E-state index in [0.29, 0.717) is 5.92 Å². The van der Waals surface area contributed by atoms with Crippen LogP contribution in [0.5, 0.6) is 0 Å². The van der Waals surface area contributed by atoms with E-state index >= 15 is 0 Å².